The van der Waals surface area contributed by atoms with E-state index >= 15 is 0 Å². The van der Waals surface area contributed by atoms with Crippen LogP contribution in [-0.4, -0.2) is 31.4 Å². The van der Waals surface area contributed by atoms with Crippen LogP contribution >= 0.6 is 0 Å². The fourth-order valence-electron chi connectivity index (χ4n) is 1.67. The van der Waals surface area contributed by atoms with Crippen molar-refractivity contribution in [3.63, 3.8) is 0 Å². The Morgan fingerprint density at radius 2 is 2.22 bits per heavy atom. The highest BCUT2D eigenvalue weighted by Crippen LogP contribution is 2.13. The predicted molar refractivity (Wildman–Crippen MR) is 67.1 cm³/mol. The zero-order valence-electron chi connectivity index (χ0n) is 10.6. The molecule has 0 spiro atoms. The van der Waals surface area contributed by atoms with Gasteiger partial charge in [-0.2, -0.15) is 0 Å². The van der Waals surface area contributed by atoms with Gasteiger partial charge in [0.05, 0.1) is 5.69 Å². The average molecular weight is 247 g/mol. The first-order valence-electron chi connectivity index (χ1n) is 5.86. The lowest BCUT2D eigenvalue weighted by molar-refractivity contribution is 0.459. The van der Waals surface area contributed by atoms with Crippen LogP contribution in [0.4, 0.5) is 0 Å². The van der Waals surface area contributed by atoms with Gasteiger partial charge in [0.1, 0.15) is 17.9 Å². The van der Waals surface area contributed by atoms with E-state index in [1.807, 2.05) is 18.5 Å². The summed E-state index contributed by atoms with van der Waals surface area (Å²) in [6.07, 6.45) is 2.48. The Morgan fingerprint density at radius 3 is 2.94 bits per heavy atom. The molecule has 0 aliphatic rings. The number of hydrogen-bond acceptors (Lipinski definition) is 5. The standard InChI is InChI=1S/C12H17N5O/c1-9-3-4-11(18)10(15-9)7-13-6-5-12-16-14-8-17(12)2/h3-4,8,13,18H,5-7H2,1-2H3. The molecule has 96 valence electrons. The largest absolute Gasteiger partial charge is 0.506 e. The third-order valence-electron chi connectivity index (χ3n) is 2.71. The fraction of sp³-hybridized carbons (Fsp3) is 0.417. The molecule has 0 saturated carbocycles. The van der Waals surface area contributed by atoms with Crippen molar-refractivity contribution in [1.29, 1.82) is 0 Å². The lowest BCUT2D eigenvalue weighted by atomic mass is 10.3. The minimum absolute atomic E-state index is 0.228. The molecule has 0 atom stereocenters. The second kappa shape index (κ2) is 5.59. The molecule has 0 aliphatic heterocycles. The minimum Gasteiger partial charge on any atom is -0.506 e. The van der Waals surface area contributed by atoms with Gasteiger partial charge >= 0.3 is 0 Å². The topological polar surface area (TPSA) is 75.9 Å². The molecular weight excluding hydrogens is 230 g/mol. The number of nitrogens with one attached hydrogen (secondary N) is 1. The molecule has 6 heteroatoms. The number of hydrogen-bond donors (Lipinski definition) is 2. The maximum absolute atomic E-state index is 9.63. The van der Waals surface area contributed by atoms with Crippen LogP contribution < -0.4 is 5.32 Å². The maximum atomic E-state index is 9.63. The molecule has 2 aromatic heterocycles. The molecule has 0 bridgehead atoms. The molecule has 0 unspecified atom stereocenters. The van der Waals surface area contributed by atoms with Crippen LogP contribution in [0.2, 0.25) is 0 Å². The van der Waals surface area contributed by atoms with Crippen molar-refractivity contribution in [3.05, 3.63) is 35.7 Å². The first-order chi connectivity index (χ1) is 8.66. The number of nitrogens with zero attached hydrogens (tertiary/aromatic N) is 4. The Hall–Kier alpha value is -1.95. The van der Waals surface area contributed by atoms with Crippen molar-refractivity contribution < 1.29 is 5.11 Å². The third-order valence-corrected chi connectivity index (χ3v) is 2.71. The summed E-state index contributed by atoms with van der Waals surface area (Å²) >= 11 is 0. The summed E-state index contributed by atoms with van der Waals surface area (Å²) in [5.41, 5.74) is 1.57. The molecule has 2 N–H and O–H groups in total. The molecule has 2 heterocycles. The molecule has 0 fully saturated rings. The van der Waals surface area contributed by atoms with Crippen LogP contribution in [0.1, 0.15) is 17.2 Å². The lowest BCUT2D eigenvalue weighted by Gasteiger charge is -2.06. The summed E-state index contributed by atoms with van der Waals surface area (Å²) in [5.74, 6) is 1.16. The van der Waals surface area contributed by atoms with Crippen molar-refractivity contribution in [2.45, 2.75) is 19.9 Å². The normalized spacial score (nSPS) is 10.8. The van der Waals surface area contributed by atoms with Crippen LogP contribution in [0.5, 0.6) is 5.75 Å². The van der Waals surface area contributed by atoms with Crippen molar-refractivity contribution >= 4 is 0 Å². The number of pyridine rings is 1. The van der Waals surface area contributed by atoms with Crippen molar-refractivity contribution in [2.24, 2.45) is 7.05 Å². The highest BCUT2D eigenvalue weighted by molar-refractivity contribution is 5.27. The molecule has 0 aliphatic carbocycles. The van der Waals surface area contributed by atoms with Gasteiger partial charge in [-0.05, 0) is 19.1 Å². The molecule has 0 saturated heterocycles. The van der Waals surface area contributed by atoms with Gasteiger partial charge < -0.3 is 15.0 Å². The predicted octanol–water partition coefficient (Wildman–Crippen LogP) is 0.556. The molecule has 2 rings (SSSR count). The Balaban J connectivity index is 1.82. The van der Waals surface area contributed by atoms with Crippen LogP contribution in [0.25, 0.3) is 0 Å². The Labute approximate surface area is 106 Å². The summed E-state index contributed by atoms with van der Waals surface area (Å²) in [5, 5.41) is 20.7. The first kappa shape index (κ1) is 12.5. The van der Waals surface area contributed by atoms with Crippen LogP contribution in [0.15, 0.2) is 18.5 Å². The van der Waals surface area contributed by atoms with Gasteiger partial charge in [-0.1, -0.05) is 0 Å². The number of aromatic nitrogens is 4. The summed E-state index contributed by atoms with van der Waals surface area (Å²) in [6, 6.07) is 3.46. The fourth-order valence-corrected chi connectivity index (χ4v) is 1.67. The molecule has 2 aromatic rings. The Bertz CT molecular complexity index is 523. The average Bonchev–Trinajstić information content (AvgIpc) is 2.75. The van der Waals surface area contributed by atoms with E-state index < -0.39 is 0 Å². The molecule has 6 nitrogen and oxygen atoms in total. The monoisotopic (exact) mass is 247 g/mol. The van der Waals surface area contributed by atoms with E-state index in [2.05, 4.69) is 20.5 Å². The molecule has 18 heavy (non-hydrogen) atoms. The number of aromatic hydroxyl groups is 1. The van der Waals surface area contributed by atoms with Crippen LogP contribution in [0.3, 0.4) is 0 Å². The van der Waals surface area contributed by atoms with Crippen molar-refractivity contribution in [3.8, 4) is 5.75 Å². The smallest absolute Gasteiger partial charge is 0.138 e. The van der Waals surface area contributed by atoms with Gasteiger partial charge in [0, 0.05) is 32.3 Å². The summed E-state index contributed by atoms with van der Waals surface area (Å²) in [7, 11) is 1.92. The molecular formula is C12H17N5O. The van der Waals surface area contributed by atoms with Gasteiger partial charge in [0.25, 0.3) is 0 Å². The molecule has 0 aromatic carbocycles. The van der Waals surface area contributed by atoms with Gasteiger partial charge in [-0.15, -0.1) is 10.2 Å². The Morgan fingerprint density at radius 1 is 1.39 bits per heavy atom. The second-order valence-corrected chi connectivity index (χ2v) is 4.20. The van der Waals surface area contributed by atoms with E-state index in [9.17, 15) is 5.11 Å². The zero-order valence-corrected chi connectivity index (χ0v) is 10.6. The maximum Gasteiger partial charge on any atom is 0.138 e. The second-order valence-electron chi connectivity index (χ2n) is 4.20. The van der Waals surface area contributed by atoms with E-state index in [1.54, 1.807) is 18.5 Å². The van der Waals surface area contributed by atoms with Gasteiger partial charge in [0.15, 0.2) is 0 Å². The highest BCUT2D eigenvalue weighted by Gasteiger charge is 2.04. The van der Waals surface area contributed by atoms with Gasteiger partial charge in [-0.25, -0.2) is 0 Å². The van der Waals surface area contributed by atoms with E-state index in [1.165, 1.54) is 0 Å². The van der Waals surface area contributed by atoms with Gasteiger partial charge in [0.2, 0.25) is 0 Å². The van der Waals surface area contributed by atoms with Crippen molar-refractivity contribution in [2.75, 3.05) is 6.54 Å². The number of aryl methyl sites for hydroxylation is 2. The summed E-state index contributed by atoms with van der Waals surface area (Å²) < 4.78 is 1.89. The number of rotatable bonds is 5. The van der Waals surface area contributed by atoms with Crippen molar-refractivity contribution in [1.82, 2.24) is 25.1 Å². The highest BCUT2D eigenvalue weighted by atomic mass is 16.3. The SMILES string of the molecule is Cc1ccc(O)c(CNCCc2nncn2C)n1. The van der Waals surface area contributed by atoms with Crippen LogP contribution in [0, 0.1) is 6.92 Å². The molecule has 0 amide bonds. The quantitative estimate of drug-likeness (QED) is 0.755. The van der Waals surface area contributed by atoms with Gasteiger partial charge in [-0.3, -0.25) is 4.98 Å². The van der Waals surface area contributed by atoms with E-state index in [4.69, 9.17) is 0 Å². The third kappa shape index (κ3) is 3.04. The molecule has 0 radical (unpaired) electrons. The van der Waals surface area contributed by atoms with E-state index in [0.717, 1.165) is 24.5 Å². The Kier molecular flexibility index (Phi) is 3.88. The zero-order chi connectivity index (χ0) is 13.0. The summed E-state index contributed by atoms with van der Waals surface area (Å²) in [6.45, 7) is 3.22. The van der Waals surface area contributed by atoms with Crippen LogP contribution in [-0.2, 0) is 20.0 Å². The minimum atomic E-state index is 0.228. The summed E-state index contributed by atoms with van der Waals surface area (Å²) in [4.78, 5) is 4.28. The van der Waals surface area contributed by atoms with E-state index in [-0.39, 0.29) is 5.75 Å². The van der Waals surface area contributed by atoms with E-state index in [0.29, 0.717) is 12.2 Å². The lowest BCUT2D eigenvalue weighted by Crippen LogP contribution is -2.19. The first-order valence-corrected chi connectivity index (χ1v) is 5.86.